The molecule has 1 N–H and O–H groups in total. The van der Waals surface area contributed by atoms with Gasteiger partial charge < -0.3 is 10.2 Å². The fourth-order valence-electron chi connectivity index (χ4n) is 8.12. The summed E-state index contributed by atoms with van der Waals surface area (Å²) < 4.78 is 0. The molecule has 5 rings (SSSR count). The first-order chi connectivity index (χ1) is 16.0. The lowest BCUT2D eigenvalue weighted by Crippen LogP contribution is -2.51. The van der Waals surface area contributed by atoms with Crippen molar-refractivity contribution >= 4 is 11.8 Å². The molecule has 4 heteroatoms. The topological polar surface area (TPSA) is 49.4 Å². The van der Waals surface area contributed by atoms with Crippen LogP contribution >= 0.6 is 0 Å². The van der Waals surface area contributed by atoms with E-state index < -0.39 is 0 Å². The molecule has 34 heavy (non-hydrogen) atoms. The Morgan fingerprint density at radius 1 is 0.971 bits per heavy atom. The molecule has 0 unspecified atom stereocenters. The molecule has 5 atom stereocenters. The van der Waals surface area contributed by atoms with E-state index in [0.29, 0.717) is 17.8 Å². The Hall–Kier alpha value is -1.84. The van der Waals surface area contributed by atoms with E-state index in [0.717, 1.165) is 69.2 Å². The number of carbonyl (C=O) groups excluding carboxylic acids is 2. The number of hydrogen-bond donors (Lipinski definition) is 1. The number of carbonyl (C=O) groups is 2. The summed E-state index contributed by atoms with van der Waals surface area (Å²) in [5.74, 6) is 2.23. The number of piperidine rings is 1. The van der Waals surface area contributed by atoms with E-state index in [4.69, 9.17) is 0 Å². The van der Waals surface area contributed by atoms with Crippen molar-refractivity contribution in [2.45, 2.75) is 97.9 Å². The third-order valence-corrected chi connectivity index (χ3v) is 10.0. The van der Waals surface area contributed by atoms with Gasteiger partial charge in [0.15, 0.2) is 0 Å². The second-order valence-corrected chi connectivity index (χ2v) is 13.2. The van der Waals surface area contributed by atoms with Crippen molar-refractivity contribution in [3.8, 4) is 0 Å². The number of hydrogen-bond acceptors (Lipinski definition) is 2. The Kier molecular flexibility index (Phi) is 5.89. The Labute approximate surface area is 206 Å². The summed E-state index contributed by atoms with van der Waals surface area (Å²) in [5, 5.41) is 3.22. The van der Waals surface area contributed by atoms with Crippen molar-refractivity contribution in [3.05, 3.63) is 34.9 Å². The predicted octanol–water partition coefficient (Wildman–Crippen LogP) is 5.95. The molecule has 4 nitrogen and oxygen atoms in total. The Morgan fingerprint density at radius 3 is 2.41 bits per heavy atom. The van der Waals surface area contributed by atoms with E-state index in [1.54, 1.807) is 0 Å². The summed E-state index contributed by atoms with van der Waals surface area (Å²) in [6.07, 6.45) is 16.9. The average Bonchev–Trinajstić information content (AvgIpc) is 3.15. The van der Waals surface area contributed by atoms with Gasteiger partial charge in [0, 0.05) is 35.2 Å². The second-order valence-electron chi connectivity index (χ2n) is 13.2. The minimum Gasteiger partial charge on any atom is -0.348 e. The normalized spacial score (nSPS) is 37.5. The maximum absolute atomic E-state index is 13.2. The summed E-state index contributed by atoms with van der Waals surface area (Å²) in [6, 6.07) is 0. The number of fused-ring (bicyclic) bond motifs is 5. The number of rotatable bonds is 2. The van der Waals surface area contributed by atoms with Crippen LogP contribution in [0.25, 0.3) is 0 Å². The molecular weight excluding hydrogens is 420 g/mol. The smallest absolute Gasteiger partial charge is 0.249 e. The lowest BCUT2D eigenvalue weighted by Gasteiger charge is -2.56. The van der Waals surface area contributed by atoms with Gasteiger partial charge in [-0.1, -0.05) is 32.1 Å². The van der Waals surface area contributed by atoms with Crippen LogP contribution in [0.1, 0.15) is 92.4 Å². The molecule has 2 amide bonds. The number of likely N-dealkylation sites (tertiary alicyclic amines) is 1. The highest BCUT2D eigenvalue weighted by molar-refractivity contribution is 5.96. The highest BCUT2D eigenvalue weighted by Gasteiger charge is 2.57. The van der Waals surface area contributed by atoms with Gasteiger partial charge >= 0.3 is 0 Å². The number of nitrogens with one attached hydrogen (secondary N) is 1. The van der Waals surface area contributed by atoms with Crippen LogP contribution in [0.5, 0.6) is 0 Å². The minimum atomic E-state index is -0.211. The van der Waals surface area contributed by atoms with Crippen LogP contribution in [0.3, 0.4) is 0 Å². The van der Waals surface area contributed by atoms with Gasteiger partial charge in [-0.2, -0.15) is 0 Å². The van der Waals surface area contributed by atoms with E-state index in [1.165, 1.54) is 18.4 Å². The maximum atomic E-state index is 13.2. The van der Waals surface area contributed by atoms with E-state index >= 15 is 0 Å². The van der Waals surface area contributed by atoms with Crippen LogP contribution in [0.15, 0.2) is 34.9 Å². The van der Waals surface area contributed by atoms with Gasteiger partial charge in [-0.05, 0) is 107 Å². The zero-order valence-corrected chi connectivity index (χ0v) is 22.0. The molecule has 1 saturated carbocycles. The van der Waals surface area contributed by atoms with Crippen molar-refractivity contribution in [2.75, 3.05) is 13.1 Å². The van der Waals surface area contributed by atoms with Gasteiger partial charge in [0.25, 0.3) is 0 Å². The minimum absolute atomic E-state index is 0.0158. The average molecular weight is 465 g/mol. The van der Waals surface area contributed by atoms with Gasteiger partial charge in [-0.25, -0.2) is 0 Å². The van der Waals surface area contributed by atoms with Gasteiger partial charge in [0.2, 0.25) is 11.8 Å². The van der Waals surface area contributed by atoms with E-state index in [1.807, 2.05) is 0 Å². The second kappa shape index (κ2) is 8.38. The summed E-state index contributed by atoms with van der Waals surface area (Å²) in [4.78, 5) is 28.4. The molecule has 0 aromatic heterocycles. The van der Waals surface area contributed by atoms with Crippen LogP contribution in [0.2, 0.25) is 0 Å². The molecule has 1 heterocycles. The van der Waals surface area contributed by atoms with Crippen molar-refractivity contribution in [2.24, 2.45) is 28.6 Å². The molecule has 5 aliphatic rings. The molecule has 0 bridgehead atoms. The van der Waals surface area contributed by atoms with E-state index in [9.17, 15) is 9.59 Å². The Balaban J connectivity index is 1.36. The van der Waals surface area contributed by atoms with Crippen molar-refractivity contribution in [3.63, 3.8) is 0 Å². The van der Waals surface area contributed by atoms with Gasteiger partial charge in [-0.3, -0.25) is 9.59 Å². The fraction of sp³-hybridized carbons (Fsp3) is 0.733. The number of amides is 2. The third-order valence-electron chi connectivity index (χ3n) is 10.0. The standard InChI is InChI=1S/C30H44N2O2/c1-28(2,3)31-26(33)25-12-11-23-22-10-9-21-19-20(27(34)32-17-7-6-8-18-32)13-15-29(21,4)24(22)14-16-30(23,25)5/h9,12,19,22-24H,6-8,10-11,13-18H2,1-5H3,(H,31,33)/t22-,23-,24-,29-,30-/m0/s1. The first-order valence-electron chi connectivity index (χ1n) is 13.8. The molecule has 1 saturated heterocycles. The van der Waals surface area contributed by atoms with Crippen LogP contribution < -0.4 is 5.32 Å². The lowest BCUT2D eigenvalue weighted by atomic mass is 9.48. The lowest BCUT2D eigenvalue weighted by molar-refractivity contribution is -0.128. The van der Waals surface area contributed by atoms with Crippen LogP contribution in [0.4, 0.5) is 0 Å². The monoisotopic (exact) mass is 464 g/mol. The molecule has 0 aromatic rings. The quantitative estimate of drug-likeness (QED) is 0.549. The van der Waals surface area contributed by atoms with Crippen molar-refractivity contribution in [1.82, 2.24) is 10.2 Å². The summed E-state index contributed by atoms with van der Waals surface area (Å²) >= 11 is 0. The Bertz CT molecular complexity index is 961. The molecule has 2 fully saturated rings. The summed E-state index contributed by atoms with van der Waals surface area (Å²) in [7, 11) is 0. The molecule has 0 aromatic carbocycles. The molecule has 186 valence electrons. The van der Waals surface area contributed by atoms with E-state index in [-0.39, 0.29) is 28.2 Å². The zero-order chi connectivity index (χ0) is 24.3. The number of allylic oxidation sites excluding steroid dienone is 4. The molecular formula is C30H44N2O2. The van der Waals surface area contributed by atoms with Gasteiger partial charge in [0.05, 0.1) is 0 Å². The van der Waals surface area contributed by atoms with Gasteiger partial charge in [0.1, 0.15) is 0 Å². The third kappa shape index (κ3) is 3.89. The largest absolute Gasteiger partial charge is 0.348 e. The van der Waals surface area contributed by atoms with Crippen LogP contribution in [0, 0.1) is 28.6 Å². The highest BCUT2D eigenvalue weighted by atomic mass is 16.2. The first kappa shape index (κ1) is 23.9. The van der Waals surface area contributed by atoms with E-state index in [2.05, 4.69) is 63.1 Å². The van der Waals surface area contributed by atoms with Crippen LogP contribution in [-0.4, -0.2) is 35.3 Å². The van der Waals surface area contributed by atoms with Crippen molar-refractivity contribution < 1.29 is 9.59 Å². The van der Waals surface area contributed by atoms with Gasteiger partial charge in [-0.15, -0.1) is 0 Å². The zero-order valence-electron chi connectivity index (χ0n) is 22.0. The predicted molar refractivity (Wildman–Crippen MR) is 137 cm³/mol. The Morgan fingerprint density at radius 2 is 1.71 bits per heavy atom. The SMILES string of the molecule is CC(C)(C)NC(=O)C1=CC[C@H]2[C@@H]3CC=C4C=C(C(=O)N5CCCCC5)CC[C@]4(C)[C@H]3CC[C@]12C. The molecule has 0 spiro atoms. The van der Waals surface area contributed by atoms with Crippen LogP contribution in [-0.2, 0) is 9.59 Å². The molecule has 0 radical (unpaired) electrons. The summed E-state index contributed by atoms with van der Waals surface area (Å²) in [5.41, 5.74) is 3.42. The fourth-order valence-corrected chi connectivity index (χ4v) is 8.12. The number of nitrogens with zero attached hydrogens (tertiary/aromatic N) is 1. The summed E-state index contributed by atoms with van der Waals surface area (Å²) in [6.45, 7) is 12.9. The highest BCUT2D eigenvalue weighted by Crippen LogP contribution is 2.64. The molecule has 1 aliphatic heterocycles. The molecule has 4 aliphatic carbocycles. The first-order valence-corrected chi connectivity index (χ1v) is 13.8. The maximum Gasteiger partial charge on any atom is 0.249 e. The van der Waals surface area contributed by atoms with Crippen molar-refractivity contribution in [1.29, 1.82) is 0 Å².